The molecule has 10 aromatic rings. The SMILES string of the molecule is c1ccc(-c2nc(-c3cccc(-c4cccc(-c5ccc6oc7ccccc7c6c5)c4)c3)nc(-c3cccc4c3sc3ccccc34)n2)cc1. The van der Waals surface area contributed by atoms with E-state index in [0.717, 1.165) is 60.9 Å². The van der Waals surface area contributed by atoms with Crippen LogP contribution in [0.5, 0.6) is 0 Å². The van der Waals surface area contributed by atoms with Gasteiger partial charge < -0.3 is 4.42 Å². The smallest absolute Gasteiger partial charge is 0.165 e. The number of furan rings is 1. The maximum Gasteiger partial charge on any atom is 0.165 e. The van der Waals surface area contributed by atoms with E-state index in [1.807, 2.05) is 30.3 Å². The van der Waals surface area contributed by atoms with E-state index in [1.54, 1.807) is 11.3 Å². The molecule has 0 atom stereocenters. The van der Waals surface area contributed by atoms with Crippen LogP contribution < -0.4 is 0 Å². The number of nitrogens with zero attached hydrogens (tertiary/aromatic N) is 3. The Morgan fingerprint density at radius 2 is 0.920 bits per heavy atom. The van der Waals surface area contributed by atoms with Crippen molar-refractivity contribution in [2.24, 2.45) is 0 Å². The Balaban J connectivity index is 1.09. The molecule has 3 heterocycles. The third kappa shape index (κ3) is 4.87. The van der Waals surface area contributed by atoms with Crippen LogP contribution in [0.4, 0.5) is 0 Å². The van der Waals surface area contributed by atoms with Crippen molar-refractivity contribution in [1.29, 1.82) is 0 Å². The Bertz CT molecular complexity index is 2890. The van der Waals surface area contributed by atoms with Crippen LogP contribution in [0, 0.1) is 0 Å². The molecule has 0 N–H and O–H groups in total. The molecule has 0 unspecified atom stereocenters. The number of thiophene rings is 1. The molecule has 0 fully saturated rings. The predicted molar refractivity (Wildman–Crippen MR) is 207 cm³/mol. The minimum absolute atomic E-state index is 0.641. The Morgan fingerprint density at radius 3 is 1.74 bits per heavy atom. The zero-order valence-electron chi connectivity index (χ0n) is 26.7. The molecular weight excluding hydrogens is 631 g/mol. The van der Waals surface area contributed by atoms with Crippen molar-refractivity contribution in [1.82, 2.24) is 15.0 Å². The molecule has 0 radical (unpaired) electrons. The Morgan fingerprint density at radius 1 is 0.360 bits per heavy atom. The van der Waals surface area contributed by atoms with Crippen molar-refractivity contribution >= 4 is 53.4 Å². The van der Waals surface area contributed by atoms with Gasteiger partial charge in [0.2, 0.25) is 0 Å². The van der Waals surface area contributed by atoms with Crippen molar-refractivity contribution < 1.29 is 4.42 Å². The average molecular weight is 658 g/mol. The molecule has 0 saturated carbocycles. The molecule has 0 aliphatic heterocycles. The summed E-state index contributed by atoms with van der Waals surface area (Å²) in [7, 11) is 0. The van der Waals surface area contributed by atoms with Crippen molar-refractivity contribution in [2.45, 2.75) is 0 Å². The summed E-state index contributed by atoms with van der Waals surface area (Å²) in [6, 6.07) is 56.9. The minimum atomic E-state index is 0.641. The topological polar surface area (TPSA) is 51.8 Å². The number of fused-ring (bicyclic) bond motifs is 6. The highest BCUT2D eigenvalue weighted by molar-refractivity contribution is 7.26. The molecule has 0 bridgehead atoms. The molecule has 0 saturated heterocycles. The molecule has 0 aliphatic carbocycles. The van der Waals surface area contributed by atoms with Crippen LogP contribution in [-0.4, -0.2) is 15.0 Å². The highest BCUT2D eigenvalue weighted by Crippen LogP contribution is 2.40. The van der Waals surface area contributed by atoms with E-state index in [0.29, 0.717) is 17.5 Å². The lowest BCUT2D eigenvalue weighted by atomic mass is 9.97. The lowest BCUT2D eigenvalue weighted by molar-refractivity contribution is 0.669. The van der Waals surface area contributed by atoms with Crippen LogP contribution in [0.2, 0.25) is 0 Å². The summed E-state index contributed by atoms with van der Waals surface area (Å²) in [6.07, 6.45) is 0. The fourth-order valence-corrected chi connectivity index (χ4v) is 8.10. The van der Waals surface area contributed by atoms with Crippen LogP contribution in [0.15, 0.2) is 168 Å². The summed E-state index contributed by atoms with van der Waals surface area (Å²) >= 11 is 1.78. The summed E-state index contributed by atoms with van der Waals surface area (Å²) in [5.41, 5.74) is 9.20. The van der Waals surface area contributed by atoms with Crippen molar-refractivity contribution in [2.75, 3.05) is 0 Å². The number of hydrogen-bond acceptors (Lipinski definition) is 5. The third-order valence-corrected chi connectivity index (χ3v) is 10.6. The Labute approximate surface area is 292 Å². The molecule has 5 heteroatoms. The van der Waals surface area contributed by atoms with Gasteiger partial charge in [-0.15, -0.1) is 11.3 Å². The van der Waals surface area contributed by atoms with Gasteiger partial charge in [-0.2, -0.15) is 0 Å². The quantitative estimate of drug-likeness (QED) is 0.185. The first-order valence-electron chi connectivity index (χ1n) is 16.6. The summed E-state index contributed by atoms with van der Waals surface area (Å²) in [5.74, 6) is 1.96. The van der Waals surface area contributed by atoms with Crippen molar-refractivity contribution in [3.63, 3.8) is 0 Å². The molecule has 0 aliphatic rings. The number of hydrogen-bond donors (Lipinski definition) is 0. The maximum atomic E-state index is 6.08. The van der Waals surface area contributed by atoms with Gasteiger partial charge in [-0.25, -0.2) is 15.0 Å². The summed E-state index contributed by atoms with van der Waals surface area (Å²) in [6.45, 7) is 0. The van der Waals surface area contributed by atoms with Crippen LogP contribution in [0.3, 0.4) is 0 Å². The van der Waals surface area contributed by atoms with E-state index in [9.17, 15) is 0 Å². The minimum Gasteiger partial charge on any atom is -0.456 e. The summed E-state index contributed by atoms with van der Waals surface area (Å²) < 4.78 is 8.51. The maximum absolute atomic E-state index is 6.08. The van der Waals surface area contributed by atoms with Crippen LogP contribution in [0.25, 0.3) is 98.5 Å². The monoisotopic (exact) mass is 657 g/mol. The molecule has 234 valence electrons. The molecule has 0 amide bonds. The van der Waals surface area contributed by atoms with Gasteiger partial charge in [0.15, 0.2) is 17.5 Å². The van der Waals surface area contributed by atoms with Gasteiger partial charge in [0.25, 0.3) is 0 Å². The Hall–Kier alpha value is -6.43. The highest BCUT2D eigenvalue weighted by atomic mass is 32.1. The van der Waals surface area contributed by atoms with Crippen LogP contribution in [0.1, 0.15) is 0 Å². The lowest BCUT2D eigenvalue weighted by Gasteiger charge is -2.11. The van der Waals surface area contributed by atoms with Crippen LogP contribution >= 0.6 is 11.3 Å². The second-order valence-electron chi connectivity index (χ2n) is 12.4. The van der Waals surface area contributed by atoms with E-state index in [2.05, 4.69) is 133 Å². The van der Waals surface area contributed by atoms with E-state index in [-0.39, 0.29) is 0 Å². The normalized spacial score (nSPS) is 11.6. The number of benzene rings is 7. The van der Waals surface area contributed by atoms with Gasteiger partial charge >= 0.3 is 0 Å². The van der Waals surface area contributed by atoms with E-state index >= 15 is 0 Å². The molecule has 7 aromatic carbocycles. The van der Waals surface area contributed by atoms with Gasteiger partial charge in [0, 0.05) is 47.6 Å². The number of para-hydroxylation sites is 1. The number of rotatable bonds is 5. The second kappa shape index (κ2) is 11.6. The molecule has 50 heavy (non-hydrogen) atoms. The Kier molecular flexibility index (Phi) is 6.64. The van der Waals surface area contributed by atoms with E-state index in [4.69, 9.17) is 19.4 Å². The molecule has 0 spiro atoms. The van der Waals surface area contributed by atoms with Crippen molar-refractivity contribution in [3.05, 3.63) is 164 Å². The largest absolute Gasteiger partial charge is 0.456 e. The van der Waals surface area contributed by atoms with E-state index in [1.165, 1.54) is 20.2 Å². The van der Waals surface area contributed by atoms with Crippen LogP contribution in [-0.2, 0) is 0 Å². The first-order chi connectivity index (χ1) is 24.7. The average Bonchev–Trinajstić information content (AvgIpc) is 3.76. The second-order valence-corrected chi connectivity index (χ2v) is 13.5. The fraction of sp³-hybridized carbons (Fsp3) is 0. The van der Waals surface area contributed by atoms with Gasteiger partial charge in [-0.05, 0) is 64.7 Å². The zero-order valence-corrected chi connectivity index (χ0v) is 27.6. The highest BCUT2D eigenvalue weighted by Gasteiger charge is 2.17. The third-order valence-electron chi connectivity index (χ3n) is 9.34. The summed E-state index contributed by atoms with van der Waals surface area (Å²) in [4.78, 5) is 15.2. The van der Waals surface area contributed by atoms with Gasteiger partial charge in [0.1, 0.15) is 11.2 Å². The molecule has 3 aromatic heterocycles. The molecular formula is C45H27N3OS. The van der Waals surface area contributed by atoms with Crippen molar-refractivity contribution in [3.8, 4) is 56.4 Å². The number of aromatic nitrogens is 3. The lowest BCUT2D eigenvalue weighted by Crippen LogP contribution is -2.00. The van der Waals surface area contributed by atoms with Gasteiger partial charge in [-0.3, -0.25) is 0 Å². The fourth-order valence-electron chi connectivity index (χ4n) is 6.89. The predicted octanol–water partition coefficient (Wildman–Crippen LogP) is 12.5. The zero-order chi connectivity index (χ0) is 33.0. The van der Waals surface area contributed by atoms with Gasteiger partial charge in [0.05, 0.1) is 0 Å². The molecule has 4 nitrogen and oxygen atoms in total. The summed E-state index contributed by atoms with van der Waals surface area (Å²) in [5, 5.41) is 4.72. The first-order valence-corrected chi connectivity index (χ1v) is 17.4. The molecule has 10 rings (SSSR count). The first kappa shape index (κ1) is 28.6. The van der Waals surface area contributed by atoms with E-state index < -0.39 is 0 Å². The van der Waals surface area contributed by atoms with Gasteiger partial charge in [-0.1, -0.05) is 121 Å². The standard InChI is InChI=1S/C45H27N3OS/c1-2-11-28(12-3-1)43-46-44(48-45(47-43)37-20-10-19-36-35-18-5-7-22-41(35)50-42(36)37)33-16-9-15-31(26-33)29-13-8-14-30(25-29)32-23-24-40-38(27-32)34-17-4-6-21-39(34)49-40/h1-27H.